The maximum Gasteiger partial charge on any atom is 0.358 e. The van der Waals surface area contributed by atoms with Gasteiger partial charge in [0.15, 0.2) is 11.5 Å². The van der Waals surface area contributed by atoms with Gasteiger partial charge in [-0.25, -0.2) is 4.79 Å². The standard InChI is InChI=1S/C15H16BrNO4/c1-7(2)9-5-10(16)8(3)13(14(9)20-4)12-6-11(15(18)19)17-21-12/h5-7H,1-4H3,(H,18,19). The summed E-state index contributed by atoms with van der Waals surface area (Å²) in [6.45, 7) is 6.04. The van der Waals surface area contributed by atoms with Crippen molar-refractivity contribution in [3.63, 3.8) is 0 Å². The third-order valence-corrected chi connectivity index (χ3v) is 4.13. The molecule has 0 aliphatic carbocycles. The molecule has 2 aromatic rings. The molecule has 5 nitrogen and oxygen atoms in total. The first-order chi connectivity index (χ1) is 9.86. The quantitative estimate of drug-likeness (QED) is 0.889. The molecule has 0 radical (unpaired) electrons. The SMILES string of the molecule is COc1c(C(C)C)cc(Br)c(C)c1-c1cc(C(=O)O)no1. The molecule has 2 rings (SSSR count). The van der Waals surface area contributed by atoms with Gasteiger partial charge >= 0.3 is 5.97 Å². The van der Waals surface area contributed by atoms with Gasteiger partial charge in [-0.2, -0.15) is 0 Å². The number of carboxylic acids is 1. The van der Waals surface area contributed by atoms with Crippen LogP contribution in [0.15, 0.2) is 21.1 Å². The molecule has 0 amide bonds. The lowest BCUT2D eigenvalue weighted by Gasteiger charge is -2.18. The van der Waals surface area contributed by atoms with Gasteiger partial charge < -0.3 is 14.4 Å². The van der Waals surface area contributed by atoms with Crippen LogP contribution in [-0.2, 0) is 0 Å². The van der Waals surface area contributed by atoms with Gasteiger partial charge in [0.1, 0.15) is 5.75 Å². The highest BCUT2D eigenvalue weighted by atomic mass is 79.9. The van der Waals surface area contributed by atoms with Crippen LogP contribution in [0.5, 0.6) is 5.75 Å². The zero-order chi connectivity index (χ0) is 15.7. The van der Waals surface area contributed by atoms with Gasteiger partial charge in [-0.15, -0.1) is 0 Å². The molecule has 1 heterocycles. The topological polar surface area (TPSA) is 72.6 Å². The molecule has 0 aliphatic heterocycles. The second-order valence-electron chi connectivity index (χ2n) is 5.02. The van der Waals surface area contributed by atoms with Crippen molar-refractivity contribution < 1.29 is 19.2 Å². The molecule has 112 valence electrons. The Kier molecular flexibility index (Phi) is 4.37. The number of nitrogens with zero attached hydrogens (tertiary/aromatic N) is 1. The lowest BCUT2D eigenvalue weighted by molar-refractivity contribution is 0.0686. The van der Waals surface area contributed by atoms with Crippen LogP contribution in [0.25, 0.3) is 11.3 Å². The Morgan fingerprint density at radius 2 is 2.10 bits per heavy atom. The Balaban J connectivity index is 2.73. The second-order valence-corrected chi connectivity index (χ2v) is 5.87. The van der Waals surface area contributed by atoms with E-state index in [1.807, 2.05) is 13.0 Å². The van der Waals surface area contributed by atoms with E-state index in [9.17, 15) is 4.79 Å². The summed E-state index contributed by atoms with van der Waals surface area (Å²) < 4.78 is 11.6. The fraction of sp³-hybridized carbons (Fsp3) is 0.333. The van der Waals surface area contributed by atoms with Crippen molar-refractivity contribution >= 4 is 21.9 Å². The summed E-state index contributed by atoms with van der Waals surface area (Å²) >= 11 is 3.53. The van der Waals surface area contributed by atoms with E-state index in [1.165, 1.54) is 6.07 Å². The third-order valence-electron chi connectivity index (χ3n) is 3.31. The Morgan fingerprint density at radius 1 is 1.43 bits per heavy atom. The molecular weight excluding hydrogens is 338 g/mol. The maximum absolute atomic E-state index is 11.0. The predicted molar refractivity (Wildman–Crippen MR) is 82.0 cm³/mol. The summed E-state index contributed by atoms with van der Waals surface area (Å²) in [6, 6.07) is 3.42. The van der Waals surface area contributed by atoms with Gasteiger partial charge in [0, 0.05) is 10.5 Å². The van der Waals surface area contributed by atoms with E-state index in [0.717, 1.165) is 21.2 Å². The summed E-state index contributed by atoms with van der Waals surface area (Å²) in [5, 5.41) is 12.5. The van der Waals surface area contributed by atoms with Gasteiger partial charge in [-0.1, -0.05) is 34.9 Å². The normalized spacial score (nSPS) is 11.0. The lowest BCUT2D eigenvalue weighted by Crippen LogP contribution is -1.99. The first-order valence-electron chi connectivity index (χ1n) is 6.44. The van der Waals surface area contributed by atoms with E-state index in [-0.39, 0.29) is 11.6 Å². The minimum atomic E-state index is -1.12. The van der Waals surface area contributed by atoms with Crippen LogP contribution in [0, 0.1) is 6.92 Å². The Labute approximate surface area is 131 Å². The summed E-state index contributed by atoms with van der Waals surface area (Å²) in [6.07, 6.45) is 0. The number of carbonyl (C=O) groups is 1. The van der Waals surface area contributed by atoms with Crippen molar-refractivity contribution in [2.24, 2.45) is 0 Å². The molecule has 0 atom stereocenters. The average molecular weight is 354 g/mol. The number of aromatic nitrogens is 1. The number of halogens is 1. The highest BCUT2D eigenvalue weighted by Crippen LogP contribution is 2.42. The van der Waals surface area contributed by atoms with Gasteiger partial charge in [0.05, 0.1) is 12.7 Å². The Bertz CT molecular complexity index is 691. The zero-order valence-electron chi connectivity index (χ0n) is 12.2. The highest BCUT2D eigenvalue weighted by molar-refractivity contribution is 9.10. The van der Waals surface area contributed by atoms with Crippen molar-refractivity contribution in [2.75, 3.05) is 7.11 Å². The second kappa shape index (κ2) is 5.89. The molecule has 1 aromatic heterocycles. The third kappa shape index (κ3) is 2.81. The Hall–Kier alpha value is -1.82. The number of benzene rings is 1. The molecule has 0 spiro atoms. The molecule has 1 N–H and O–H groups in total. The zero-order valence-corrected chi connectivity index (χ0v) is 13.8. The summed E-state index contributed by atoms with van der Waals surface area (Å²) in [4.78, 5) is 11.0. The molecular formula is C15H16BrNO4. The van der Waals surface area contributed by atoms with Crippen LogP contribution >= 0.6 is 15.9 Å². The van der Waals surface area contributed by atoms with Gasteiger partial charge in [-0.3, -0.25) is 0 Å². The van der Waals surface area contributed by atoms with Crippen molar-refractivity contribution in [3.05, 3.63) is 33.4 Å². The Morgan fingerprint density at radius 3 is 2.57 bits per heavy atom. The fourth-order valence-corrected chi connectivity index (χ4v) is 2.63. The first kappa shape index (κ1) is 15.6. The number of aromatic carboxylic acids is 1. The van der Waals surface area contributed by atoms with Gasteiger partial charge in [0.25, 0.3) is 0 Å². The molecule has 21 heavy (non-hydrogen) atoms. The molecule has 0 bridgehead atoms. The number of hydrogen-bond acceptors (Lipinski definition) is 4. The molecule has 0 aliphatic rings. The van der Waals surface area contributed by atoms with Crippen molar-refractivity contribution in [3.8, 4) is 17.1 Å². The van der Waals surface area contributed by atoms with E-state index in [4.69, 9.17) is 14.4 Å². The van der Waals surface area contributed by atoms with E-state index in [2.05, 4.69) is 34.9 Å². The van der Waals surface area contributed by atoms with Crippen LogP contribution in [0.1, 0.15) is 41.4 Å². The van der Waals surface area contributed by atoms with Crippen molar-refractivity contribution in [1.82, 2.24) is 5.16 Å². The molecule has 0 unspecified atom stereocenters. The van der Waals surface area contributed by atoms with Gasteiger partial charge in [0.2, 0.25) is 0 Å². The van der Waals surface area contributed by atoms with Crippen LogP contribution < -0.4 is 4.74 Å². The molecule has 6 heteroatoms. The highest BCUT2D eigenvalue weighted by Gasteiger charge is 2.23. The van der Waals surface area contributed by atoms with E-state index in [0.29, 0.717) is 11.5 Å². The number of ether oxygens (including phenoxy) is 1. The van der Waals surface area contributed by atoms with Crippen LogP contribution in [0.3, 0.4) is 0 Å². The number of methoxy groups -OCH3 is 1. The first-order valence-corrected chi connectivity index (χ1v) is 7.23. The molecule has 1 aromatic carbocycles. The van der Waals surface area contributed by atoms with E-state index >= 15 is 0 Å². The average Bonchev–Trinajstić information content (AvgIpc) is 2.90. The fourth-order valence-electron chi connectivity index (χ4n) is 2.18. The number of carboxylic acid groups (broad SMARTS) is 1. The van der Waals surface area contributed by atoms with Crippen LogP contribution in [0.2, 0.25) is 0 Å². The number of rotatable bonds is 4. The largest absolute Gasteiger partial charge is 0.496 e. The molecule has 0 saturated carbocycles. The smallest absolute Gasteiger partial charge is 0.358 e. The molecule has 0 fully saturated rings. The van der Waals surface area contributed by atoms with Crippen LogP contribution in [-0.4, -0.2) is 23.3 Å². The van der Waals surface area contributed by atoms with Crippen molar-refractivity contribution in [2.45, 2.75) is 26.7 Å². The summed E-state index contributed by atoms with van der Waals surface area (Å²) in [5.74, 6) is 0.182. The lowest BCUT2D eigenvalue weighted by atomic mass is 9.94. The maximum atomic E-state index is 11.0. The van der Waals surface area contributed by atoms with E-state index < -0.39 is 5.97 Å². The predicted octanol–water partition coefficient (Wildman–Crippen LogP) is 4.24. The minimum Gasteiger partial charge on any atom is -0.496 e. The number of hydrogen-bond donors (Lipinski definition) is 1. The van der Waals surface area contributed by atoms with Gasteiger partial charge in [-0.05, 0) is 30.0 Å². The minimum absolute atomic E-state index is 0.127. The van der Waals surface area contributed by atoms with Crippen molar-refractivity contribution in [1.29, 1.82) is 0 Å². The monoisotopic (exact) mass is 353 g/mol. The molecule has 0 saturated heterocycles. The van der Waals surface area contributed by atoms with E-state index in [1.54, 1.807) is 7.11 Å². The summed E-state index contributed by atoms with van der Waals surface area (Å²) in [7, 11) is 1.59. The summed E-state index contributed by atoms with van der Waals surface area (Å²) in [5.41, 5.74) is 2.51. The van der Waals surface area contributed by atoms with Crippen LogP contribution in [0.4, 0.5) is 0 Å².